The highest BCUT2D eigenvalue weighted by molar-refractivity contribution is 5.80. The molecule has 0 unspecified atom stereocenters. The first-order valence-corrected chi connectivity index (χ1v) is 9.86. The van der Waals surface area contributed by atoms with Crippen molar-refractivity contribution in [2.75, 3.05) is 33.7 Å². The molecule has 1 N–H and O–H groups in total. The Labute approximate surface area is 153 Å². The molecule has 2 fully saturated rings. The van der Waals surface area contributed by atoms with Gasteiger partial charge >= 0.3 is 0 Å². The molecule has 25 heavy (non-hydrogen) atoms. The lowest BCUT2D eigenvalue weighted by Crippen LogP contribution is -2.41. The molecule has 0 atom stereocenters. The van der Waals surface area contributed by atoms with E-state index in [1.54, 1.807) is 0 Å². The zero-order valence-corrected chi connectivity index (χ0v) is 16.2. The lowest BCUT2D eigenvalue weighted by Gasteiger charge is -2.26. The average molecular weight is 343 g/mol. The molecule has 0 bridgehead atoms. The van der Waals surface area contributed by atoms with E-state index < -0.39 is 0 Å². The molecule has 1 aliphatic heterocycles. The lowest BCUT2D eigenvalue weighted by atomic mass is 9.86. The average Bonchev–Trinajstić information content (AvgIpc) is 3.21. The molecule has 1 saturated heterocycles. The van der Waals surface area contributed by atoms with E-state index in [4.69, 9.17) is 4.99 Å². The van der Waals surface area contributed by atoms with Crippen LogP contribution in [0.4, 0.5) is 0 Å². The van der Waals surface area contributed by atoms with Gasteiger partial charge in [-0.05, 0) is 56.8 Å². The molecule has 1 spiro atoms. The summed E-state index contributed by atoms with van der Waals surface area (Å²) in [6, 6.07) is 8.83. The van der Waals surface area contributed by atoms with Crippen LogP contribution in [0.5, 0.6) is 0 Å². The molecule has 2 aliphatic rings. The molecule has 1 heterocycles. The van der Waals surface area contributed by atoms with Crippen LogP contribution in [0.25, 0.3) is 0 Å². The van der Waals surface area contributed by atoms with Gasteiger partial charge in [0.05, 0.1) is 6.54 Å². The van der Waals surface area contributed by atoms with Gasteiger partial charge in [-0.2, -0.15) is 0 Å². The second-order valence-corrected chi connectivity index (χ2v) is 8.11. The first-order chi connectivity index (χ1) is 12.1. The number of likely N-dealkylation sites (tertiary alicyclic amines) is 1. The maximum Gasteiger partial charge on any atom is 0.194 e. The van der Waals surface area contributed by atoms with Gasteiger partial charge in [0.15, 0.2) is 5.96 Å². The summed E-state index contributed by atoms with van der Waals surface area (Å²) in [6.07, 6.45) is 7.00. The number of benzene rings is 1. The first-order valence-electron chi connectivity index (χ1n) is 9.86. The van der Waals surface area contributed by atoms with E-state index in [-0.39, 0.29) is 0 Å². The quantitative estimate of drug-likeness (QED) is 0.656. The van der Waals surface area contributed by atoms with Gasteiger partial charge < -0.3 is 15.1 Å². The fourth-order valence-electron chi connectivity index (χ4n) is 4.43. The third-order valence-electron chi connectivity index (χ3n) is 5.64. The van der Waals surface area contributed by atoms with Crippen LogP contribution in [-0.2, 0) is 13.1 Å². The van der Waals surface area contributed by atoms with Crippen molar-refractivity contribution in [1.82, 2.24) is 15.1 Å². The zero-order chi connectivity index (χ0) is 17.7. The van der Waals surface area contributed by atoms with E-state index in [0.717, 1.165) is 32.1 Å². The van der Waals surface area contributed by atoms with Gasteiger partial charge in [-0.25, -0.2) is 4.99 Å². The molecule has 1 aliphatic carbocycles. The molecular formula is C21H34N4. The van der Waals surface area contributed by atoms with Crippen LogP contribution >= 0.6 is 0 Å². The zero-order valence-electron chi connectivity index (χ0n) is 16.2. The predicted molar refractivity (Wildman–Crippen MR) is 106 cm³/mol. The molecule has 0 aromatic heterocycles. The number of aliphatic imine (C=N–C) groups is 1. The molecule has 3 rings (SSSR count). The van der Waals surface area contributed by atoms with E-state index in [1.807, 2.05) is 0 Å². The summed E-state index contributed by atoms with van der Waals surface area (Å²) in [5, 5.41) is 3.52. The van der Waals surface area contributed by atoms with E-state index in [1.165, 1.54) is 49.8 Å². The first kappa shape index (κ1) is 18.2. The summed E-state index contributed by atoms with van der Waals surface area (Å²) in [6.45, 7) is 7.18. The third-order valence-corrected chi connectivity index (χ3v) is 5.64. The SMILES string of the molecule is CCNC(=NCc1cccc(CN(C)C)c1)N1CCC2(CCCC2)C1. The summed E-state index contributed by atoms with van der Waals surface area (Å²) in [5.41, 5.74) is 3.24. The second kappa shape index (κ2) is 8.22. The summed E-state index contributed by atoms with van der Waals surface area (Å²) in [5.74, 6) is 1.10. The summed E-state index contributed by atoms with van der Waals surface area (Å²) >= 11 is 0. The van der Waals surface area contributed by atoms with Crippen LogP contribution in [0.2, 0.25) is 0 Å². The van der Waals surface area contributed by atoms with Crippen molar-refractivity contribution in [1.29, 1.82) is 0 Å². The lowest BCUT2D eigenvalue weighted by molar-refractivity contribution is 0.309. The Kier molecular flexibility index (Phi) is 6.00. The van der Waals surface area contributed by atoms with Gasteiger partial charge in [0.25, 0.3) is 0 Å². The summed E-state index contributed by atoms with van der Waals surface area (Å²) in [7, 11) is 4.22. The van der Waals surface area contributed by atoms with Gasteiger partial charge in [0.2, 0.25) is 0 Å². The van der Waals surface area contributed by atoms with Crippen molar-refractivity contribution in [2.45, 2.75) is 52.1 Å². The van der Waals surface area contributed by atoms with Crippen molar-refractivity contribution in [3.63, 3.8) is 0 Å². The van der Waals surface area contributed by atoms with Gasteiger partial charge in [-0.1, -0.05) is 37.1 Å². The van der Waals surface area contributed by atoms with Crippen molar-refractivity contribution < 1.29 is 0 Å². The molecule has 1 aromatic carbocycles. The highest BCUT2D eigenvalue weighted by Gasteiger charge is 2.41. The molecule has 4 nitrogen and oxygen atoms in total. The van der Waals surface area contributed by atoms with Crippen molar-refractivity contribution in [2.24, 2.45) is 10.4 Å². The Morgan fingerprint density at radius 2 is 1.96 bits per heavy atom. The maximum atomic E-state index is 4.96. The molecule has 1 saturated carbocycles. The number of guanidine groups is 1. The van der Waals surface area contributed by atoms with E-state index in [9.17, 15) is 0 Å². The minimum atomic E-state index is 0.585. The van der Waals surface area contributed by atoms with Crippen LogP contribution in [0.1, 0.15) is 50.2 Å². The highest BCUT2D eigenvalue weighted by atomic mass is 15.3. The molecule has 0 radical (unpaired) electrons. The molecule has 1 aromatic rings. The Balaban J connectivity index is 1.66. The van der Waals surface area contributed by atoms with Gasteiger partial charge in [0, 0.05) is 26.2 Å². The van der Waals surface area contributed by atoms with Crippen molar-refractivity contribution in [3.05, 3.63) is 35.4 Å². The van der Waals surface area contributed by atoms with Gasteiger partial charge in [-0.3, -0.25) is 0 Å². The van der Waals surface area contributed by atoms with Crippen LogP contribution in [0, 0.1) is 5.41 Å². The standard InChI is InChI=1S/C21H34N4/c1-4-22-20(25-13-12-21(17-25)10-5-6-11-21)23-15-18-8-7-9-19(14-18)16-24(2)3/h7-9,14H,4-6,10-13,15-17H2,1-3H3,(H,22,23). The molecule has 4 heteroatoms. The Morgan fingerprint density at radius 1 is 1.20 bits per heavy atom. The van der Waals surface area contributed by atoms with Crippen LogP contribution in [-0.4, -0.2) is 49.5 Å². The monoisotopic (exact) mass is 342 g/mol. The second-order valence-electron chi connectivity index (χ2n) is 8.11. The number of hydrogen-bond donors (Lipinski definition) is 1. The normalized spacial score (nSPS) is 20.0. The fraction of sp³-hybridized carbons (Fsp3) is 0.667. The minimum Gasteiger partial charge on any atom is -0.357 e. The van der Waals surface area contributed by atoms with E-state index >= 15 is 0 Å². The van der Waals surface area contributed by atoms with Gasteiger partial charge in [0.1, 0.15) is 0 Å². The number of rotatable bonds is 5. The van der Waals surface area contributed by atoms with Gasteiger partial charge in [-0.15, -0.1) is 0 Å². The van der Waals surface area contributed by atoms with Crippen LogP contribution in [0.3, 0.4) is 0 Å². The maximum absolute atomic E-state index is 4.96. The number of nitrogens with zero attached hydrogens (tertiary/aromatic N) is 3. The smallest absolute Gasteiger partial charge is 0.194 e. The van der Waals surface area contributed by atoms with Crippen molar-refractivity contribution >= 4 is 5.96 Å². The number of hydrogen-bond acceptors (Lipinski definition) is 2. The van der Waals surface area contributed by atoms with E-state index in [2.05, 4.69) is 60.4 Å². The molecule has 138 valence electrons. The van der Waals surface area contributed by atoms with Crippen LogP contribution in [0.15, 0.2) is 29.3 Å². The molecule has 0 amide bonds. The molecular weight excluding hydrogens is 308 g/mol. The van der Waals surface area contributed by atoms with Crippen LogP contribution < -0.4 is 5.32 Å². The third kappa shape index (κ3) is 4.75. The minimum absolute atomic E-state index is 0.585. The predicted octanol–water partition coefficient (Wildman–Crippen LogP) is 3.48. The summed E-state index contributed by atoms with van der Waals surface area (Å²) in [4.78, 5) is 9.66. The fourth-order valence-corrected chi connectivity index (χ4v) is 4.43. The summed E-state index contributed by atoms with van der Waals surface area (Å²) < 4.78 is 0. The topological polar surface area (TPSA) is 30.9 Å². The van der Waals surface area contributed by atoms with E-state index in [0.29, 0.717) is 5.41 Å². The Bertz CT molecular complexity index is 587. The Morgan fingerprint density at radius 3 is 2.68 bits per heavy atom. The van der Waals surface area contributed by atoms with Crippen molar-refractivity contribution in [3.8, 4) is 0 Å². The largest absolute Gasteiger partial charge is 0.357 e. The highest BCUT2D eigenvalue weighted by Crippen LogP contribution is 2.45. The number of nitrogens with one attached hydrogen (secondary N) is 1. The Hall–Kier alpha value is -1.55.